The van der Waals surface area contributed by atoms with E-state index in [0.717, 1.165) is 39.2 Å². The minimum atomic E-state index is -0.275. The van der Waals surface area contributed by atoms with E-state index in [1.54, 1.807) is 24.5 Å². The lowest BCUT2D eigenvalue weighted by atomic mass is 10.1. The summed E-state index contributed by atoms with van der Waals surface area (Å²) < 4.78 is 0. The van der Waals surface area contributed by atoms with Crippen molar-refractivity contribution < 1.29 is 4.79 Å². The number of amides is 1. The van der Waals surface area contributed by atoms with Crippen molar-refractivity contribution in [3.8, 4) is 0 Å². The van der Waals surface area contributed by atoms with Gasteiger partial charge in [0.25, 0.3) is 5.91 Å². The first-order valence-corrected chi connectivity index (χ1v) is 11.3. The molecule has 0 fully saturated rings. The molecule has 0 bridgehead atoms. The molecule has 2 aromatic heterocycles. The van der Waals surface area contributed by atoms with Gasteiger partial charge in [0.05, 0.1) is 17.4 Å². The molecule has 6 heteroatoms. The molecule has 0 aliphatic heterocycles. The van der Waals surface area contributed by atoms with E-state index in [4.69, 9.17) is 0 Å². The third-order valence-electron chi connectivity index (χ3n) is 5.25. The predicted molar refractivity (Wildman–Crippen MR) is 145 cm³/mol. The molecular formula is C29H27N5O. The Morgan fingerprint density at radius 1 is 0.914 bits per heavy atom. The van der Waals surface area contributed by atoms with Crippen LogP contribution in [0.15, 0.2) is 110 Å². The molecule has 0 aliphatic carbocycles. The topological polar surface area (TPSA) is 78.9 Å². The van der Waals surface area contributed by atoms with E-state index in [9.17, 15) is 4.79 Å². The number of allylic oxidation sites excluding steroid dienone is 4. The van der Waals surface area contributed by atoms with Crippen LogP contribution in [0.4, 0.5) is 22.7 Å². The van der Waals surface area contributed by atoms with Gasteiger partial charge in [0.15, 0.2) is 0 Å². The number of benzene rings is 2. The van der Waals surface area contributed by atoms with Crippen LogP contribution in [0, 0.1) is 6.92 Å². The van der Waals surface area contributed by atoms with Crippen LogP contribution in [0.2, 0.25) is 0 Å². The Morgan fingerprint density at radius 3 is 2.34 bits per heavy atom. The average molecular weight is 462 g/mol. The molecule has 4 aromatic rings. The van der Waals surface area contributed by atoms with Gasteiger partial charge in [-0.15, -0.1) is 0 Å². The minimum Gasteiger partial charge on any atom is -0.356 e. The largest absolute Gasteiger partial charge is 0.356 e. The number of fused-ring (bicyclic) bond motifs is 1. The van der Waals surface area contributed by atoms with E-state index in [2.05, 4.69) is 45.5 Å². The maximum absolute atomic E-state index is 12.7. The van der Waals surface area contributed by atoms with Crippen LogP contribution in [0.1, 0.15) is 23.0 Å². The molecular weight excluding hydrogens is 434 g/mol. The van der Waals surface area contributed by atoms with Gasteiger partial charge in [-0.1, -0.05) is 30.4 Å². The van der Waals surface area contributed by atoms with Crippen LogP contribution in [0.3, 0.4) is 0 Å². The quantitative estimate of drug-likeness (QED) is 0.246. The van der Waals surface area contributed by atoms with Gasteiger partial charge in [-0.05, 0) is 80.6 Å². The Morgan fingerprint density at radius 2 is 1.66 bits per heavy atom. The van der Waals surface area contributed by atoms with E-state index < -0.39 is 0 Å². The fourth-order valence-electron chi connectivity index (χ4n) is 3.57. The molecule has 6 nitrogen and oxygen atoms in total. The number of hydrogen-bond donors (Lipinski definition) is 3. The molecule has 0 aliphatic rings. The van der Waals surface area contributed by atoms with Gasteiger partial charge in [0.2, 0.25) is 0 Å². The van der Waals surface area contributed by atoms with Crippen molar-refractivity contribution in [3.05, 3.63) is 121 Å². The standard InChI is InChI=1S/C29H27N5O/c1-4-6-21(7-5-2)32-22-9-11-23(12-10-22)34-29(35)28-15-13-24(19-31-28)33-27-16-17-30-26-14-8-20(3)18-25(26)27/h4-19,32H,1H2,2-3H3,(H,30,33)(H,34,35)/b7-5-,21-6+. The number of nitrogens with zero attached hydrogens (tertiary/aromatic N) is 2. The second-order valence-electron chi connectivity index (χ2n) is 7.95. The number of anilines is 4. The first-order valence-electron chi connectivity index (χ1n) is 11.3. The summed E-state index contributed by atoms with van der Waals surface area (Å²) in [5, 5.41) is 10.6. The highest BCUT2D eigenvalue weighted by molar-refractivity contribution is 6.03. The van der Waals surface area contributed by atoms with Crippen molar-refractivity contribution in [2.24, 2.45) is 0 Å². The normalized spacial score (nSPS) is 11.4. The van der Waals surface area contributed by atoms with Crippen LogP contribution in [-0.4, -0.2) is 15.9 Å². The van der Waals surface area contributed by atoms with Gasteiger partial charge >= 0.3 is 0 Å². The average Bonchev–Trinajstić information content (AvgIpc) is 2.86. The molecule has 4 rings (SSSR count). The maximum Gasteiger partial charge on any atom is 0.274 e. The second kappa shape index (κ2) is 10.9. The molecule has 0 spiro atoms. The van der Waals surface area contributed by atoms with Gasteiger partial charge in [-0.25, -0.2) is 4.98 Å². The summed E-state index contributed by atoms with van der Waals surface area (Å²) in [7, 11) is 0. The zero-order valence-corrected chi connectivity index (χ0v) is 19.7. The first kappa shape index (κ1) is 23.4. The number of hydrogen-bond acceptors (Lipinski definition) is 5. The molecule has 35 heavy (non-hydrogen) atoms. The van der Waals surface area contributed by atoms with Gasteiger partial charge in [0, 0.05) is 34.3 Å². The van der Waals surface area contributed by atoms with Crippen LogP contribution >= 0.6 is 0 Å². The van der Waals surface area contributed by atoms with E-state index in [1.165, 1.54) is 0 Å². The van der Waals surface area contributed by atoms with Crippen LogP contribution in [-0.2, 0) is 0 Å². The van der Waals surface area contributed by atoms with Crippen LogP contribution < -0.4 is 16.0 Å². The molecule has 0 saturated heterocycles. The monoisotopic (exact) mass is 461 g/mol. The summed E-state index contributed by atoms with van der Waals surface area (Å²) in [6, 6.07) is 19.1. The molecule has 0 radical (unpaired) electrons. The number of rotatable bonds is 8. The minimum absolute atomic E-state index is 0.275. The third-order valence-corrected chi connectivity index (χ3v) is 5.25. The lowest BCUT2D eigenvalue weighted by Gasteiger charge is -2.11. The molecule has 1 amide bonds. The van der Waals surface area contributed by atoms with Crippen LogP contribution in [0.5, 0.6) is 0 Å². The zero-order valence-electron chi connectivity index (χ0n) is 19.7. The Bertz CT molecular complexity index is 1400. The predicted octanol–water partition coefficient (Wildman–Crippen LogP) is 6.99. The SMILES string of the molecule is C=C/C=C(\C=C/C)Nc1ccc(NC(=O)c2ccc(Nc3ccnc4ccc(C)cc34)cn2)cc1. The molecule has 3 N–H and O–H groups in total. The summed E-state index contributed by atoms with van der Waals surface area (Å²) in [5.74, 6) is -0.275. The van der Waals surface area contributed by atoms with Crippen LogP contribution in [0.25, 0.3) is 10.9 Å². The van der Waals surface area contributed by atoms with Crippen molar-refractivity contribution >= 4 is 39.6 Å². The highest BCUT2D eigenvalue weighted by Crippen LogP contribution is 2.26. The summed E-state index contributed by atoms with van der Waals surface area (Å²) >= 11 is 0. The maximum atomic E-state index is 12.7. The fourth-order valence-corrected chi connectivity index (χ4v) is 3.57. The number of pyridine rings is 2. The zero-order chi connectivity index (χ0) is 24.6. The second-order valence-corrected chi connectivity index (χ2v) is 7.95. The third kappa shape index (κ3) is 6.00. The summed E-state index contributed by atoms with van der Waals surface area (Å²) in [6.07, 6.45) is 10.9. The smallest absolute Gasteiger partial charge is 0.274 e. The molecule has 2 aromatic carbocycles. The first-order chi connectivity index (χ1) is 17.1. The number of carbonyl (C=O) groups is 1. The number of aromatic nitrogens is 2. The molecule has 2 heterocycles. The molecule has 0 unspecified atom stereocenters. The van der Waals surface area contributed by atoms with E-state index >= 15 is 0 Å². The Hall–Kier alpha value is -4.71. The number of nitrogens with one attached hydrogen (secondary N) is 3. The van der Waals surface area contributed by atoms with Gasteiger partial charge < -0.3 is 16.0 Å². The lowest BCUT2D eigenvalue weighted by molar-refractivity contribution is 0.102. The van der Waals surface area contributed by atoms with E-state index in [0.29, 0.717) is 11.4 Å². The van der Waals surface area contributed by atoms with E-state index in [-0.39, 0.29) is 5.91 Å². The summed E-state index contributed by atoms with van der Waals surface area (Å²) in [5.41, 5.74) is 6.64. The van der Waals surface area contributed by atoms with Gasteiger partial charge in [-0.3, -0.25) is 9.78 Å². The molecule has 0 saturated carbocycles. The summed E-state index contributed by atoms with van der Waals surface area (Å²) in [4.78, 5) is 21.4. The fraction of sp³-hybridized carbons (Fsp3) is 0.0690. The van der Waals surface area contributed by atoms with Gasteiger partial charge in [0.1, 0.15) is 5.69 Å². The van der Waals surface area contributed by atoms with Gasteiger partial charge in [-0.2, -0.15) is 0 Å². The Kier molecular flexibility index (Phi) is 7.33. The molecule has 0 atom stereocenters. The Balaban J connectivity index is 1.41. The van der Waals surface area contributed by atoms with Crippen molar-refractivity contribution in [3.63, 3.8) is 0 Å². The lowest BCUT2D eigenvalue weighted by Crippen LogP contribution is -2.13. The van der Waals surface area contributed by atoms with Crippen molar-refractivity contribution in [1.29, 1.82) is 0 Å². The molecule has 174 valence electrons. The van der Waals surface area contributed by atoms with Crippen molar-refractivity contribution in [1.82, 2.24) is 9.97 Å². The Labute approximate surface area is 205 Å². The summed E-state index contributed by atoms with van der Waals surface area (Å²) in [6.45, 7) is 7.74. The van der Waals surface area contributed by atoms with Crippen molar-refractivity contribution in [2.45, 2.75) is 13.8 Å². The van der Waals surface area contributed by atoms with Crippen molar-refractivity contribution in [2.75, 3.05) is 16.0 Å². The highest BCUT2D eigenvalue weighted by atomic mass is 16.1. The number of aryl methyl sites for hydroxylation is 1. The number of carbonyl (C=O) groups excluding carboxylic acids is 1. The van der Waals surface area contributed by atoms with E-state index in [1.807, 2.05) is 73.7 Å². The highest BCUT2D eigenvalue weighted by Gasteiger charge is 2.09.